The number of anilines is 1. The van der Waals surface area contributed by atoms with Crippen LogP contribution in [-0.2, 0) is 6.42 Å². The highest BCUT2D eigenvalue weighted by Crippen LogP contribution is 2.30. The Kier molecular flexibility index (Phi) is 3.69. The maximum absolute atomic E-state index is 13.1. The summed E-state index contributed by atoms with van der Waals surface area (Å²) in [5.74, 6) is 0.301. The molecule has 0 saturated carbocycles. The third-order valence-corrected chi connectivity index (χ3v) is 4.31. The van der Waals surface area contributed by atoms with Crippen molar-refractivity contribution in [3.05, 3.63) is 64.6 Å². The number of phenolic OH excluding ortho intramolecular Hbond substituents is 1. The molecule has 2 aromatic heterocycles. The molecule has 0 unspecified atom stereocenters. The summed E-state index contributed by atoms with van der Waals surface area (Å²) in [6.45, 7) is 1.90. The van der Waals surface area contributed by atoms with E-state index in [4.69, 9.17) is 10.2 Å². The summed E-state index contributed by atoms with van der Waals surface area (Å²) in [5.41, 5.74) is 7.53. The number of fused-ring (bicyclic) bond motifs is 1. The van der Waals surface area contributed by atoms with Gasteiger partial charge in [0.15, 0.2) is 5.82 Å². The number of phenols is 1. The lowest BCUT2D eigenvalue weighted by atomic mass is 10.1. The van der Waals surface area contributed by atoms with E-state index >= 15 is 0 Å². The fourth-order valence-corrected chi connectivity index (χ4v) is 2.97. The second-order valence-corrected chi connectivity index (χ2v) is 5.86. The molecule has 4 aromatic rings. The van der Waals surface area contributed by atoms with E-state index in [1.165, 1.54) is 12.4 Å². The number of rotatable bonds is 3. The van der Waals surface area contributed by atoms with Crippen molar-refractivity contribution in [2.24, 2.45) is 0 Å². The minimum absolute atomic E-state index is 0.0720. The van der Waals surface area contributed by atoms with Crippen LogP contribution in [0.4, 0.5) is 5.88 Å². The summed E-state index contributed by atoms with van der Waals surface area (Å²) >= 11 is 0. The quantitative estimate of drug-likeness (QED) is 0.589. The number of benzene rings is 2. The molecule has 0 amide bonds. The van der Waals surface area contributed by atoms with Crippen molar-refractivity contribution in [1.82, 2.24) is 14.8 Å². The Labute approximate surface area is 148 Å². The molecular weight excluding hydrogens is 332 g/mol. The molecule has 3 N–H and O–H groups in total. The van der Waals surface area contributed by atoms with Gasteiger partial charge in [-0.3, -0.25) is 9.36 Å². The maximum atomic E-state index is 13.1. The first-order valence-electron chi connectivity index (χ1n) is 8.14. The lowest BCUT2D eigenvalue weighted by Crippen LogP contribution is -2.12. The predicted octanol–water partition coefficient (Wildman–Crippen LogP) is 2.89. The zero-order valence-corrected chi connectivity index (χ0v) is 14.0. The molecular formula is C19H16N4O3. The molecule has 0 saturated heterocycles. The van der Waals surface area contributed by atoms with Gasteiger partial charge in [0.2, 0.25) is 11.3 Å². The highest BCUT2D eigenvalue weighted by atomic mass is 16.3. The van der Waals surface area contributed by atoms with E-state index in [0.29, 0.717) is 23.2 Å². The van der Waals surface area contributed by atoms with Crippen LogP contribution in [0.5, 0.6) is 5.75 Å². The van der Waals surface area contributed by atoms with Crippen molar-refractivity contribution < 1.29 is 9.52 Å². The van der Waals surface area contributed by atoms with Gasteiger partial charge in [0.05, 0.1) is 5.39 Å². The zero-order chi connectivity index (χ0) is 18.3. The zero-order valence-electron chi connectivity index (χ0n) is 14.0. The van der Waals surface area contributed by atoms with Gasteiger partial charge in [0, 0.05) is 11.8 Å². The predicted molar refractivity (Wildman–Crippen MR) is 98.3 cm³/mol. The van der Waals surface area contributed by atoms with Crippen LogP contribution in [-0.4, -0.2) is 19.9 Å². The van der Waals surface area contributed by atoms with Crippen LogP contribution in [0.15, 0.2) is 58.0 Å². The first-order chi connectivity index (χ1) is 12.6. The normalized spacial score (nSPS) is 11.1. The number of aromatic nitrogens is 3. The molecule has 0 spiro atoms. The van der Waals surface area contributed by atoms with E-state index in [-0.39, 0.29) is 28.2 Å². The highest BCUT2D eigenvalue weighted by molar-refractivity contribution is 5.86. The number of aromatic hydroxyl groups is 1. The smallest absolute Gasteiger partial charge is 0.206 e. The molecule has 0 aliphatic carbocycles. The SMILES string of the molecule is CCc1cc2c(=O)c(-c3nncn3-c3ccccc3)c(N)oc2cc1O. The average molecular weight is 348 g/mol. The number of aryl methyl sites for hydroxylation is 1. The lowest BCUT2D eigenvalue weighted by molar-refractivity contribution is 0.468. The van der Waals surface area contributed by atoms with Crippen LogP contribution in [0.25, 0.3) is 28.0 Å². The fraction of sp³-hybridized carbons (Fsp3) is 0.105. The van der Waals surface area contributed by atoms with Crippen molar-refractivity contribution in [3.8, 4) is 22.8 Å². The van der Waals surface area contributed by atoms with Crippen LogP contribution < -0.4 is 11.2 Å². The first-order valence-corrected chi connectivity index (χ1v) is 8.14. The van der Waals surface area contributed by atoms with E-state index in [9.17, 15) is 9.90 Å². The summed E-state index contributed by atoms with van der Waals surface area (Å²) in [6, 6.07) is 12.4. The third-order valence-electron chi connectivity index (χ3n) is 4.31. The number of hydrogen-bond donors (Lipinski definition) is 2. The van der Waals surface area contributed by atoms with Gasteiger partial charge >= 0.3 is 0 Å². The molecule has 0 bridgehead atoms. The Balaban J connectivity index is 2.01. The molecule has 0 fully saturated rings. The van der Waals surface area contributed by atoms with Gasteiger partial charge in [-0.05, 0) is 30.2 Å². The molecule has 0 radical (unpaired) electrons. The monoisotopic (exact) mass is 348 g/mol. The van der Waals surface area contributed by atoms with Gasteiger partial charge in [-0.2, -0.15) is 0 Å². The van der Waals surface area contributed by atoms with Crippen molar-refractivity contribution in [2.75, 3.05) is 5.73 Å². The summed E-state index contributed by atoms with van der Waals surface area (Å²) < 4.78 is 7.28. The fourth-order valence-electron chi connectivity index (χ4n) is 2.97. The molecule has 2 aromatic carbocycles. The summed E-state index contributed by atoms with van der Waals surface area (Å²) in [6.07, 6.45) is 2.10. The van der Waals surface area contributed by atoms with Crippen LogP contribution in [0.2, 0.25) is 0 Å². The second kappa shape index (κ2) is 6.03. The van der Waals surface area contributed by atoms with Gasteiger partial charge in [-0.25, -0.2) is 0 Å². The summed E-state index contributed by atoms with van der Waals surface area (Å²) in [7, 11) is 0. The Morgan fingerprint density at radius 2 is 2.00 bits per heavy atom. The van der Waals surface area contributed by atoms with Crippen LogP contribution in [0.3, 0.4) is 0 Å². The topological polar surface area (TPSA) is 107 Å². The number of nitrogens with zero attached hydrogens (tertiary/aromatic N) is 3. The first kappa shape index (κ1) is 15.9. The highest BCUT2D eigenvalue weighted by Gasteiger charge is 2.21. The number of nitrogen functional groups attached to an aromatic ring is 1. The van der Waals surface area contributed by atoms with Crippen molar-refractivity contribution >= 4 is 16.9 Å². The van der Waals surface area contributed by atoms with Crippen molar-refractivity contribution in [3.63, 3.8) is 0 Å². The molecule has 7 heteroatoms. The van der Waals surface area contributed by atoms with E-state index in [1.807, 2.05) is 37.3 Å². The average Bonchev–Trinajstić information content (AvgIpc) is 3.11. The van der Waals surface area contributed by atoms with Gasteiger partial charge < -0.3 is 15.3 Å². The molecule has 130 valence electrons. The number of hydrogen-bond acceptors (Lipinski definition) is 6. The number of nitrogens with two attached hydrogens (primary N) is 1. The molecule has 7 nitrogen and oxygen atoms in total. The van der Waals surface area contributed by atoms with E-state index in [2.05, 4.69) is 10.2 Å². The minimum Gasteiger partial charge on any atom is -0.508 e. The summed E-state index contributed by atoms with van der Waals surface area (Å²) in [5, 5.41) is 18.3. The van der Waals surface area contributed by atoms with Gasteiger partial charge in [0.25, 0.3) is 0 Å². The van der Waals surface area contributed by atoms with Gasteiger partial charge in [-0.15, -0.1) is 10.2 Å². The Bertz CT molecular complexity index is 1160. The van der Waals surface area contributed by atoms with E-state index < -0.39 is 0 Å². The molecule has 0 aliphatic rings. The molecule has 0 atom stereocenters. The molecule has 0 aliphatic heterocycles. The molecule has 26 heavy (non-hydrogen) atoms. The van der Waals surface area contributed by atoms with Crippen LogP contribution in [0, 0.1) is 0 Å². The van der Waals surface area contributed by atoms with Crippen molar-refractivity contribution in [1.29, 1.82) is 0 Å². The van der Waals surface area contributed by atoms with Gasteiger partial charge in [-0.1, -0.05) is 25.1 Å². The maximum Gasteiger partial charge on any atom is 0.206 e. The summed E-state index contributed by atoms with van der Waals surface area (Å²) in [4.78, 5) is 13.1. The Morgan fingerprint density at radius 1 is 1.23 bits per heavy atom. The Hall–Kier alpha value is -3.61. The minimum atomic E-state index is -0.316. The van der Waals surface area contributed by atoms with Crippen LogP contribution >= 0.6 is 0 Å². The molecule has 4 rings (SSSR count). The van der Waals surface area contributed by atoms with Crippen LogP contribution in [0.1, 0.15) is 12.5 Å². The molecule has 2 heterocycles. The van der Waals surface area contributed by atoms with E-state index in [0.717, 1.165) is 5.69 Å². The van der Waals surface area contributed by atoms with E-state index in [1.54, 1.807) is 10.6 Å². The lowest BCUT2D eigenvalue weighted by Gasteiger charge is -2.10. The largest absolute Gasteiger partial charge is 0.508 e. The standard InChI is InChI=1S/C19H16N4O3/c1-2-11-8-13-15(9-14(11)24)26-18(20)16(17(13)25)19-22-21-10-23(19)12-6-4-3-5-7-12/h3-10,24H,2,20H2,1H3. The Morgan fingerprint density at radius 3 is 2.73 bits per heavy atom. The number of para-hydroxylation sites is 1. The second-order valence-electron chi connectivity index (χ2n) is 5.86. The third kappa shape index (κ3) is 2.41. The van der Waals surface area contributed by atoms with Crippen molar-refractivity contribution in [2.45, 2.75) is 13.3 Å². The van der Waals surface area contributed by atoms with Gasteiger partial charge in [0.1, 0.15) is 23.2 Å².